The summed E-state index contributed by atoms with van der Waals surface area (Å²) in [7, 11) is -0.801. The van der Waals surface area contributed by atoms with Crippen LogP contribution in [0.1, 0.15) is 32.6 Å². The van der Waals surface area contributed by atoms with Crippen LogP contribution < -0.4 is 11.1 Å². The molecule has 0 unspecified atom stereocenters. The van der Waals surface area contributed by atoms with Gasteiger partial charge >= 0.3 is 11.1 Å². The molecule has 28 heavy (non-hydrogen) atoms. The van der Waals surface area contributed by atoms with Crippen molar-refractivity contribution in [3.63, 3.8) is 0 Å². The summed E-state index contributed by atoms with van der Waals surface area (Å²) in [4.78, 5) is 38.2. The number of hydrogen-bond acceptors (Lipinski definition) is 5. The highest BCUT2D eigenvalue weighted by molar-refractivity contribution is 7.91. The van der Waals surface area contributed by atoms with Crippen molar-refractivity contribution >= 4 is 26.8 Å². The third kappa shape index (κ3) is 3.63. The minimum atomic E-state index is -3.71. The van der Waals surface area contributed by atoms with Crippen molar-refractivity contribution in [2.24, 2.45) is 14.1 Å². The number of piperidine rings is 1. The fraction of sp³-hybridized carbons (Fsp3) is 0.526. The number of carbonyl (C=O) groups is 1. The average Bonchev–Trinajstić information content (AvgIpc) is 2.68. The van der Waals surface area contributed by atoms with E-state index in [1.165, 1.54) is 36.9 Å². The Hall–Kier alpha value is -2.42. The molecule has 8 nitrogen and oxygen atoms in total. The van der Waals surface area contributed by atoms with Gasteiger partial charge in [0.15, 0.2) is 9.84 Å². The van der Waals surface area contributed by atoms with Gasteiger partial charge in [0.2, 0.25) is 5.91 Å². The molecule has 2 aromatic rings. The fourth-order valence-corrected chi connectivity index (χ4v) is 4.95. The molecule has 1 amide bonds. The smallest absolute Gasteiger partial charge is 0.316 e. The standard InChI is InChI=1S/C19H25N3O5S/c1-13-6-4-5-10-22(13)17(23)9-11-28(26,27)14-7-8-15-16(12-14)21(3)19(25)18(24)20(15)2/h7-8,12-13H,4-6,9-11H2,1-3H3/t13-/m1/s1. The number of rotatable bonds is 4. The quantitative estimate of drug-likeness (QED) is 0.698. The van der Waals surface area contributed by atoms with Crippen molar-refractivity contribution in [3.8, 4) is 0 Å². The molecule has 1 aliphatic heterocycles. The Bertz CT molecular complexity index is 1150. The molecule has 0 N–H and O–H groups in total. The first-order valence-electron chi connectivity index (χ1n) is 9.35. The molecule has 0 radical (unpaired) electrons. The Balaban J connectivity index is 1.87. The molecular weight excluding hydrogens is 382 g/mol. The van der Waals surface area contributed by atoms with Crippen LogP contribution in [0.2, 0.25) is 0 Å². The van der Waals surface area contributed by atoms with Crippen LogP contribution in [-0.4, -0.2) is 46.7 Å². The van der Waals surface area contributed by atoms with Gasteiger partial charge in [0.25, 0.3) is 0 Å². The highest BCUT2D eigenvalue weighted by Crippen LogP contribution is 2.21. The Morgan fingerprint density at radius 3 is 2.36 bits per heavy atom. The maximum atomic E-state index is 12.8. The van der Waals surface area contributed by atoms with Gasteiger partial charge in [-0.2, -0.15) is 0 Å². The number of hydrogen-bond donors (Lipinski definition) is 0. The van der Waals surface area contributed by atoms with Crippen LogP contribution >= 0.6 is 0 Å². The monoisotopic (exact) mass is 407 g/mol. The summed E-state index contributed by atoms with van der Waals surface area (Å²) < 4.78 is 27.9. The first-order chi connectivity index (χ1) is 13.1. The van der Waals surface area contributed by atoms with Crippen LogP contribution in [0.4, 0.5) is 0 Å². The van der Waals surface area contributed by atoms with E-state index in [9.17, 15) is 22.8 Å². The van der Waals surface area contributed by atoms with Gasteiger partial charge in [-0.1, -0.05) is 0 Å². The molecule has 2 heterocycles. The van der Waals surface area contributed by atoms with Crippen molar-refractivity contribution in [1.29, 1.82) is 0 Å². The molecule has 1 aromatic carbocycles. The number of nitrogens with zero attached hydrogens (tertiary/aromatic N) is 3. The Morgan fingerprint density at radius 1 is 1.07 bits per heavy atom. The molecule has 152 valence electrons. The van der Waals surface area contributed by atoms with Crippen LogP contribution in [-0.2, 0) is 28.7 Å². The SMILES string of the molecule is C[C@@H]1CCCCN1C(=O)CCS(=O)(=O)c1ccc2c(c1)n(C)c(=O)c(=O)n2C. The molecule has 0 saturated carbocycles. The van der Waals surface area contributed by atoms with Crippen molar-refractivity contribution in [1.82, 2.24) is 14.0 Å². The zero-order valence-corrected chi connectivity index (χ0v) is 17.2. The molecule has 0 aliphatic carbocycles. The second-order valence-electron chi connectivity index (χ2n) is 7.38. The second-order valence-corrected chi connectivity index (χ2v) is 9.49. The van der Waals surface area contributed by atoms with E-state index in [1.54, 1.807) is 4.90 Å². The predicted octanol–water partition coefficient (Wildman–Crippen LogP) is 0.802. The highest BCUT2D eigenvalue weighted by Gasteiger charge is 2.25. The predicted molar refractivity (Wildman–Crippen MR) is 106 cm³/mol. The second kappa shape index (κ2) is 7.54. The summed E-state index contributed by atoms with van der Waals surface area (Å²) in [5, 5.41) is 0. The van der Waals surface area contributed by atoms with Gasteiger partial charge in [0.1, 0.15) is 0 Å². The zero-order valence-electron chi connectivity index (χ0n) is 16.3. The maximum Gasteiger partial charge on any atom is 0.316 e. The molecular formula is C19H25N3O5S. The lowest BCUT2D eigenvalue weighted by Crippen LogP contribution is -2.42. The van der Waals surface area contributed by atoms with Gasteiger partial charge in [-0.05, 0) is 44.4 Å². The van der Waals surface area contributed by atoms with Crippen LogP contribution in [0.15, 0.2) is 32.7 Å². The Morgan fingerprint density at radius 2 is 1.71 bits per heavy atom. The molecule has 1 saturated heterocycles. The number of carbonyl (C=O) groups excluding carboxylic acids is 1. The largest absolute Gasteiger partial charge is 0.340 e. The van der Waals surface area contributed by atoms with Gasteiger partial charge in [0.05, 0.1) is 21.7 Å². The minimum Gasteiger partial charge on any atom is -0.340 e. The van der Waals surface area contributed by atoms with Crippen LogP contribution in [0.3, 0.4) is 0 Å². The highest BCUT2D eigenvalue weighted by atomic mass is 32.2. The molecule has 0 bridgehead atoms. The van der Waals surface area contributed by atoms with Crippen molar-refractivity contribution < 1.29 is 13.2 Å². The van der Waals surface area contributed by atoms with E-state index >= 15 is 0 Å². The van der Waals surface area contributed by atoms with Crippen molar-refractivity contribution in [2.75, 3.05) is 12.3 Å². The number of aryl methyl sites for hydroxylation is 2. The Labute approximate surface area is 163 Å². The minimum absolute atomic E-state index is 0.0353. The summed E-state index contributed by atoms with van der Waals surface area (Å²) >= 11 is 0. The topological polar surface area (TPSA) is 98.5 Å². The van der Waals surface area contributed by atoms with Gasteiger partial charge in [0, 0.05) is 33.1 Å². The van der Waals surface area contributed by atoms with Crippen LogP contribution in [0.5, 0.6) is 0 Å². The maximum absolute atomic E-state index is 12.8. The van der Waals surface area contributed by atoms with Gasteiger partial charge in [-0.15, -0.1) is 0 Å². The van der Waals surface area contributed by atoms with E-state index < -0.39 is 21.0 Å². The molecule has 0 spiro atoms. The third-order valence-corrected chi connectivity index (χ3v) is 7.24. The van der Waals surface area contributed by atoms with E-state index in [-0.39, 0.29) is 29.0 Å². The number of fused-ring (bicyclic) bond motifs is 1. The van der Waals surface area contributed by atoms with Gasteiger partial charge in [-0.25, -0.2) is 8.42 Å². The van der Waals surface area contributed by atoms with Crippen LogP contribution in [0, 0.1) is 0 Å². The molecule has 1 aromatic heterocycles. The molecule has 9 heteroatoms. The number of aromatic nitrogens is 2. The fourth-order valence-electron chi connectivity index (χ4n) is 3.71. The van der Waals surface area contributed by atoms with E-state index in [4.69, 9.17) is 0 Å². The normalized spacial score (nSPS) is 17.8. The molecule has 1 aliphatic rings. The number of sulfone groups is 1. The summed E-state index contributed by atoms with van der Waals surface area (Å²) in [6.45, 7) is 2.66. The Kier molecular flexibility index (Phi) is 5.47. The van der Waals surface area contributed by atoms with Gasteiger partial charge < -0.3 is 14.0 Å². The van der Waals surface area contributed by atoms with Gasteiger partial charge in [-0.3, -0.25) is 14.4 Å². The average molecular weight is 407 g/mol. The summed E-state index contributed by atoms with van der Waals surface area (Å²) in [5.74, 6) is -0.438. The lowest BCUT2D eigenvalue weighted by atomic mass is 10.0. The van der Waals surface area contributed by atoms with Crippen LogP contribution in [0.25, 0.3) is 11.0 Å². The number of likely N-dealkylation sites (tertiary alicyclic amines) is 1. The molecule has 3 rings (SSSR count). The first kappa shape index (κ1) is 20.3. The number of amides is 1. The van der Waals surface area contributed by atoms with E-state index in [0.717, 1.165) is 23.8 Å². The lowest BCUT2D eigenvalue weighted by Gasteiger charge is -2.33. The third-order valence-electron chi connectivity index (χ3n) is 5.53. The summed E-state index contributed by atoms with van der Waals surface area (Å²) in [6, 6.07) is 4.45. The lowest BCUT2D eigenvalue weighted by molar-refractivity contribution is -0.133. The van der Waals surface area contributed by atoms with Crippen molar-refractivity contribution in [3.05, 3.63) is 38.9 Å². The summed E-state index contributed by atoms with van der Waals surface area (Å²) in [6.07, 6.45) is 2.90. The zero-order chi connectivity index (χ0) is 20.6. The molecule has 1 fully saturated rings. The van der Waals surface area contributed by atoms with Crippen molar-refractivity contribution in [2.45, 2.75) is 43.5 Å². The van der Waals surface area contributed by atoms with E-state index in [2.05, 4.69) is 0 Å². The summed E-state index contributed by atoms with van der Waals surface area (Å²) in [5.41, 5.74) is -0.584. The van der Waals surface area contributed by atoms with E-state index in [1.807, 2.05) is 6.92 Å². The first-order valence-corrected chi connectivity index (χ1v) is 11.0. The molecule has 1 atom stereocenters. The number of benzene rings is 1. The van der Waals surface area contributed by atoms with E-state index in [0.29, 0.717) is 17.6 Å².